The van der Waals surface area contributed by atoms with Crippen LogP contribution in [0.5, 0.6) is 0 Å². The molecule has 1 fully saturated rings. The molecule has 1 aliphatic rings. The number of halogens is 1. The topological polar surface area (TPSA) is 62.9 Å². The highest BCUT2D eigenvalue weighted by Gasteiger charge is 2.20. The smallest absolute Gasteiger partial charge is 0.193 e. The van der Waals surface area contributed by atoms with Crippen LogP contribution < -0.4 is 11.1 Å². The standard InChI is InChI=1S/C16H26N4O.HI/c1-13(2)11-20-8-9-21-15(12-20)10-18-16(17)19-14-6-4-3-5-7-14;/h3-7,13,15H,8-12H2,1-2H3,(H3,17,18,19);1H. The predicted octanol–water partition coefficient (Wildman–Crippen LogP) is 2.39. The van der Waals surface area contributed by atoms with Gasteiger partial charge in [0.05, 0.1) is 19.3 Å². The van der Waals surface area contributed by atoms with E-state index in [0.717, 1.165) is 31.9 Å². The summed E-state index contributed by atoms with van der Waals surface area (Å²) in [7, 11) is 0. The van der Waals surface area contributed by atoms with Crippen molar-refractivity contribution in [3.05, 3.63) is 30.3 Å². The monoisotopic (exact) mass is 418 g/mol. The Kier molecular flexibility index (Phi) is 8.74. The summed E-state index contributed by atoms with van der Waals surface area (Å²) in [5.74, 6) is 1.11. The summed E-state index contributed by atoms with van der Waals surface area (Å²) in [4.78, 5) is 6.83. The van der Waals surface area contributed by atoms with Crippen LogP contribution in [0.4, 0.5) is 5.69 Å². The molecule has 2 rings (SSSR count). The fraction of sp³-hybridized carbons (Fsp3) is 0.562. The number of nitrogens with two attached hydrogens (primary N) is 1. The Morgan fingerprint density at radius 2 is 2.14 bits per heavy atom. The molecule has 1 atom stereocenters. The zero-order valence-corrected chi connectivity index (χ0v) is 15.7. The van der Waals surface area contributed by atoms with Gasteiger partial charge in [-0.2, -0.15) is 0 Å². The molecule has 1 aromatic rings. The van der Waals surface area contributed by atoms with Gasteiger partial charge in [0, 0.05) is 25.3 Å². The van der Waals surface area contributed by atoms with Gasteiger partial charge in [0.25, 0.3) is 0 Å². The molecule has 1 aliphatic heterocycles. The molecular weight excluding hydrogens is 391 g/mol. The number of nitrogens with one attached hydrogen (secondary N) is 1. The fourth-order valence-corrected chi connectivity index (χ4v) is 2.48. The van der Waals surface area contributed by atoms with Gasteiger partial charge in [-0.15, -0.1) is 24.0 Å². The Labute approximate surface area is 150 Å². The number of hydrogen-bond donors (Lipinski definition) is 2. The zero-order valence-electron chi connectivity index (χ0n) is 13.4. The van der Waals surface area contributed by atoms with Crippen LogP contribution >= 0.6 is 24.0 Å². The fourth-order valence-electron chi connectivity index (χ4n) is 2.48. The predicted molar refractivity (Wildman–Crippen MR) is 103 cm³/mol. The van der Waals surface area contributed by atoms with Crippen LogP contribution in [0.2, 0.25) is 0 Å². The van der Waals surface area contributed by atoms with E-state index in [0.29, 0.717) is 18.4 Å². The van der Waals surface area contributed by atoms with Gasteiger partial charge in [0.1, 0.15) is 0 Å². The van der Waals surface area contributed by atoms with Crippen molar-refractivity contribution in [1.29, 1.82) is 0 Å². The highest BCUT2D eigenvalue weighted by molar-refractivity contribution is 14.0. The van der Waals surface area contributed by atoms with E-state index in [2.05, 4.69) is 29.1 Å². The molecule has 0 aromatic heterocycles. The molecule has 1 unspecified atom stereocenters. The van der Waals surface area contributed by atoms with Crippen LogP contribution in [0, 0.1) is 5.92 Å². The number of rotatable bonds is 5. The Morgan fingerprint density at radius 3 is 2.82 bits per heavy atom. The van der Waals surface area contributed by atoms with E-state index in [1.807, 2.05) is 30.3 Å². The summed E-state index contributed by atoms with van der Waals surface area (Å²) in [6.45, 7) is 8.91. The Morgan fingerprint density at radius 1 is 1.41 bits per heavy atom. The number of anilines is 1. The molecule has 5 nitrogen and oxygen atoms in total. The Balaban J connectivity index is 0.00000242. The molecule has 1 heterocycles. The zero-order chi connectivity index (χ0) is 15.1. The third kappa shape index (κ3) is 6.93. The van der Waals surface area contributed by atoms with Crippen molar-refractivity contribution in [3.8, 4) is 0 Å². The number of para-hydroxylation sites is 1. The average molecular weight is 418 g/mol. The Hall–Kier alpha value is -0.860. The molecule has 0 amide bonds. The molecule has 0 aliphatic carbocycles. The SMILES string of the molecule is CC(C)CN1CCOC(CN=C(N)Nc2ccccc2)C1.I. The van der Waals surface area contributed by atoms with Gasteiger partial charge in [0.15, 0.2) is 5.96 Å². The van der Waals surface area contributed by atoms with Crippen molar-refractivity contribution in [1.82, 2.24) is 4.90 Å². The second-order valence-electron chi connectivity index (χ2n) is 5.86. The van der Waals surface area contributed by atoms with Gasteiger partial charge < -0.3 is 15.8 Å². The van der Waals surface area contributed by atoms with E-state index >= 15 is 0 Å². The van der Waals surface area contributed by atoms with Gasteiger partial charge in [-0.05, 0) is 18.1 Å². The molecule has 0 spiro atoms. The van der Waals surface area contributed by atoms with Gasteiger partial charge in [-0.3, -0.25) is 9.89 Å². The lowest BCUT2D eigenvalue weighted by atomic mass is 10.2. The van der Waals surface area contributed by atoms with Crippen molar-refractivity contribution >= 4 is 35.6 Å². The highest BCUT2D eigenvalue weighted by atomic mass is 127. The summed E-state index contributed by atoms with van der Waals surface area (Å²) >= 11 is 0. The maximum absolute atomic E-state index is 5.91. The third-order valence-corrected chi connectivity index (χ3v) is 3.36. The van der Waals surface area contributed by atoms with E-state index in [9.17, 15) is 0 Å². The quantitative estimate of drug-likeness (QED) is 0.438. The number of nitrogens with zero attached hydrogens (tertiary/aromatic N) is 2. The maximum atomic E-state index is 5.91. The van der Waals surface area contributed by atoms with Crippen LogP contribution in [0.25, 0.3) is 0 Å². The second kappa shape index (κ2) is 10.0. The van der Waals surface area contributed by atoms with E-state index in [-0.39, 0.29) is 30.1 Å². The first-order valence-corrected chi connectivity index (χ1v) is 7.59. The summed E-state index contributed by atoms with van der Waals surface area (Å²) in [6.07, 6.45) is 0.133. The van der Waals surface area contributed by atoms with Crippen LogP contribution in [-0.4, -0.2) is 49.7 Å². The highest BCUT2D eigenvalue weighted by Crippen LogP contribution is 2.09. The molecule has 6 heteroatoms. The number of guanidine groups is 1. The number of ether oxygens (including phenoxy) is 1. The molecule has 22 heavy (non-hydrogen) atoms. The number of hydrogen-bond acceptors (Lipinski definition) is 3. The molecule has 124 valence electrons. The van der Waals surface area contributed by atoms with E-state index < -0.39 is 0 Å². The van der Waals surface area contributed by atoms with Crippen molar-refractivity contribution in [2.45, 2.75) is 20.0 Å². The molecule has 0 saturated carbocycles. The molecule has 0 radical (unpaired) electrons. The first kappa shape index (κ1) is 19.2. The number of aliphatic imine (C=N–C) groups is 1. The lowest BCUT2D eigenvalue weighted by molar-refractivity contribution is -0.0261. The van der Waals surface area contributed by atoms with Gasteiger partial charge >= 0.3 is 0 Å². The van der Waals surface area contributed by atoms with Gasteiger partial charge in [0.2, 0.25) is 0 Å². The maximum Gasteiger partial charge on any atom is 0.193 e. The van der Waals surface area contributed by atoms with Crippen molar-refractivity contribution in [3.63, 3.8) is 0 Å². The van der Waals surface area contributed by atoms with Crippen molar-refractivity contribution in [2.75, 3.05) is 38.1 Å². The van der Waals surface area contributed by atoms with Crippen LogP contribution in [0.15, 0.2) is 35.3 Å². The Bertz CT molecular complexity index is 453. The van der Waals surface area contributed by atoms with Crippen molar-refractivity contribution in [2.24, 2.45) is 16.6 Å². The molecular formula is C16H27IN4O. The first-order valence-electron chi connectivity index (χ1n) is 7.59. The minimum Gasteiger partial charge on any atom is -0.374 e. The molecule has 1 saturated heterocycles. The number of benzene rings is 1. The summed E-state index contributed by atoms with van der Waals surface area (Å²) in [6, 6.07) is 9.82. The molecule has 1 aromatic carbocycles. The minimum absolute atomic E-state index is 0. The summed E-state index contributed by atoms with van der Waals surface area (Å²) in [5.41, 5.74) is 6.86. The lowest BCUT2D eigenvalue weighted by Crippen LogP contribution is -2.45. The van der Waals surface area contributed by atoms with E-state index in [4.69, 9.17) is 10.5 Å². The second-order valence-corrected chi connectivity index (χ2v) is 5.86. The summed E-state index contributed by atoms with van der Waals surface area (Å²) in [5, 5.41) is 3.08. The largest absolute Gasteiger partial charge is 0.374 e. The van der Waals surface area contributed by atoms with E-state index in [1.165, 1.54) is 0 Å². The van der Waals surface area contributed by atoms with Crippen LogP contribution in [0.3, 0.4) is 0 Å². The molecule has 3 N–H and O–H groups in total. The molecule has 0 bridgehead atoms. The van der Waals surface area contributed by atoms with Crippen molar-refractivity contribution < 1.29 is 4.74 Å². The van der Waals surface area contributed by atoms with Crippen LogP contribution in [-0.2, 0) is 4.74 Å². The van der Waals surface area contributed by atoms with E-state index in [1.54, 1.807) is 0 Å². The normalized spacial score (nSPS) is 19.8. The minimum atomic E-state index is 0. The van der Waals surface area contributed by atoms with Gasteiger partial charge in [-0.25, -0.2) is 0 Å². The van der Waals surface area contributed by atoms with Crippen LogP contribution in [0.1, 0.15) is 13.8 Å². The van der Waals surface area contributed by atoms with Gasteiger partial charge in [-0.1, -0.05) is 32.0 Å². The third-order valence-electron chi connectivity index (χ3n) is 3.36. The first-order chi connectivity index (χ1) is 10.1. The number of morpholine rings is 1. The summed E-state index contributed by atoms with van der Waals surface area (Å²) < 4.78 is 5.76. The average Bonchev–Trinajstić information content (AvgIpc) is 2.46. The lowest BCUT2D eigenvalue weighted by Gasteiger charge is -2.33.